The predicted molar refractivity (Wildman–Crippen MR) is 87.7 cm³/mol. The monoisotopic (exact) mass is 351 g/mol. The summed E-state index contributed by atoms with van der Waals surface area (Å²) in [6.07, 6.45) is 0.387. The van der Waals surface area contributed by atoms with Crippen molar-refractivity contribution in [2.75, 3.05) is 20.6 Å². The Morgan fingerprint density at radius 1 is 1.29 bits per heavy atom. The van der Waals surface area contributed by atoms with Gasteiger partial charge in [-0.15, -0.1) is 0 Å². The molecule has 2 N–H and O–H groups in total. The van der Waals surface area contributed by atoms with Gasteiger partial charge in [-0.1, -0.05) is 28.9 Å². The zero-order valence-electron chi connectivity index (χ0n) is 13.4. The molecule has 0 saturated heterocycles. The van der Waals surface area contributed by atoms with Crippen LogP contribution in [0.25, 0.3) is 0 Å². The number of hydrogen-bond acceptors (Lipinski definition) is 5. The molecule has 0 aliphatic carbocycles. The third-order valence-corrected chi connectivity index (χ3v) is 3.51. The smallest absolute Gasteiger partial charge is 0.316 e. The summed E-state index contributed by atoms with van der Waals surface area (Å²) in [4.78, 5) is 28.9. The lowest BCUT2D eigenvalue weighted by Gasteiger charge is -2.14. The number of rotatable bonds is 6. The largest absolute Gasteiger partial charge is 0.344 e. The number of carbonyl (C=O) groups is 2. The topological polar surface area (TPSA) is 100 Å². The molecule has 0 aliphatic rings. The van der Waals surface area contributed by atoms with E-state index in [1.807, 2.05) is 12.1 Å². The van der Waals surface area contributed by atoms with Gasteiger partial charge in [-0.25, -0.2) is 4.79 Å². The summed E-state index contributed by atoms with van der Waals surface area (Å²) in [5, 5.41) is 9.57. The molecule has 1 aromatic heterocycles. The quantitative estimate of drug-likeness (QED) is 0.820. The molecule has 0 unspecified atom stereocenters. The number of aromatic nitrogens is 2. The van der Waals surface area contributed by atoms with E-state index in [1.165, 1.54) is 4.90 Å². The van der Waals surface area contributed by atoms with Crippen molar-refractivity contribution in [3.05, 3.63) is 46.6 Å². The predicted octanol–water partition coefficient (Wildman–Crippen LogP) is 1.47. The second-order valence-corrected chi connectivity index (χ2v) is 5.49. The fraction of sp³-hybridized carbons (Fsp3) is 0.333. The molecule has 0 spiro atoms. The van der Waals surface area contributed by atoms with E-state index in [0.29, 0.717) is 30.4 Å². The Bertz CT molecular complexity index is 701. The lowest BCUT2D eigenvalue weighted by Crippen LogP contribution is -2.36. The normalized spacial score (nSPS) is 10.3. The zero-order chi connectivity index (χ0) is 17.5. The van der Waals surface area contributed by atoms with E-state index < -0.39 is 5.91 Å². The Hall–Kier alpha value is -2.61. The van der Waals surface area contributed by atoms with E-state index in [2.05, 4.69) is 20.8 Å². The number of hydrogen-bond donors (Lipinski definition) is 2. The fourth-order valence-corrected chi connectivity index (χ4v) is 1.99. The summed E-state index contributed by atoms with van der Waals surface area (Å²) in [6.45, 7) is 0.734. The molecule has 2 aromatic rings. The van der Waals surface area contributed by atoms with Crippen LogP contribution in [0.5, 0.6) is 0 Å². The second kappa shape index (κ2) is 8.30. The third-order valence-electron chi connectivity index (χ3n) is 3.26. The molecule has 128 valence electrons. The van der Waals surface area contributed by atoms with Crippen molar-refractivity contribution >= 4 is 23.5 Å². The van der Waals surface area contributed by atoms with Gasteiger partial charge in [0.25, 0.3) is 0 Å². The van der Waals surface area contributed by atoms with Crippen LogP contribution >= 0.6 is 11.6 Å². The van der Waals surface area contributed by atoms with Crippen LogP contribution in [-0.4, -0.2) is 47.6 Å². The first kappa shape index (κ1) is 17.7. The summed E-state index contributed by atoms with van der Waals surface area (Å²) in [5.41, 5.74) is 0.902. The van der Waals surface area contributed by atoms with Crippen LogP contribution in [0.1, 0.15) is 22.1 Å². The van der Waals surface area contributed by atoms with Crippen molar-refractivity contribution in [1.82, 2.24) is 25.7 Å². The molecule has 8 nitrogen and oxygen atoms in total. The first-order valence-electron chi connectivity index (χ1n) is 7.27. The maximum absolute atomic E-state index is 12.0. The van der Waals surface area contributed by atoms with Crippen LogP contribution in [-0.2, 0) is 13.0 Å². The highest BCUT2D eigenvalue weighted by atomic mass is 35.5. The fourth-order valence-electron chi connectivity index (χ4n) is 1.87. The number of benzene rings is 1. The van der Waals surface area contributed by atoms with Crippen molar-refractivity contribution in [3.63, 3.8) is 0 Å². The van der Waals surface area contributed by atoms with Crippen LogP contribution in [0.2, 0.25) is 5.02 Å². The Morgan fingerprint density at radius 3 is 2.67 bits per heavy atom. The van der Waals surface area contributed by atoms with Crippen molar-refractivity contribution < 1.29 is 14.1 Å². The maximum atomic E-state index is 12.0. The minimum atomic E-state index is -0.455. The first-order valence-corrected chi connectivity index (χ1v) is 7.65. The number of carbonyl (C=O) groups excluding carboxylic acids is 2. The molecule has 9 heteroatoms. The van der Waals surface area contributed by atoms with Gasteiger partial charge < -0.3 is 20.1 Å². The minimum Gasteiger partial charge on any atom is -0.344 e. The summed E-state index contributed by atoms with van der Waals surface area (Å²) < 4.78 is 4.94. The van der Waals surface area contributed by atoms with Crippen LogP contribution in [0.15, 0.2) is 28.8 Å². The molecule has 3 amide bonds. The molecular weight excluding hydrogens is 334 g/mol. The van der Waals surface area contributed by atoms with Gasteiger partial charge in [-0.2, -0.15) is 4.98 Å². The van der Waals surface area contributed by atoms with Crippen LogP contribution < -0.4 is 10.6 Å². The molecule has 2 rings (SSSR count). The Kier molecular flexibility index (Phi) is 6.14. The standard InChI is InChI=1S/C15H18ClN5O3/c1-17-15(23)21(2)8-7-12-19-14(24-20-12)13(22)18-9-10-3-5-11(16)6-4-10/h3-6H,7-9H2,1-2H3,(H,17,23)(H,18,22). The van der Waals surface area contributed by atoms with Gasteiger partial charge in [0.05, 0.1) is 0 Å². The van der Waals surface area contributed by atoms with Crippen molar-refractivity contribution in [2.45, 2.75) is 13.0 Å². The zero-order valence-corrected chi connectivity index (χ0v) is 14.1. The van der Waals surface area contributed by atoms with E-state index >= 15 is 0 Å². The lowest BCUT2D eigenvalue weighted by molar-refractivity contribution is 0.0907. The number of nitrogens with one attached hydrogen (secondary N) is 2. The van der Waals surface area contributed by atoms with E-state index in [9.17, 15) is 9.59 Å². The van der Waals surface area contributed by atoms with Gasteiger partial charge in [-0.3, -0.25) is 4.79 Å². The number of likely N-dealkylation sites (N-methyl/N-ethyl adjacent to an activating group) is 1. The van der Waals surface area contributed by atoms with Crippen molar-refractivity contribution in [1.29, 1.82) is 0 Å². The molecule has 1 aromatic carbocycles. The Labute approximate surface area is 144 Å². The van der Waals surface area contributed by atoms with Crippen LogP contribution in [0, 0.1) is 0 Å². The number of urea groups is 1. The SMILES string of the molecule is CNC(=O)N(C)CCc1noc(C(=O)NCc2ccc(Cl)cc2)n1. The van der Waals surface area contributed by atoms with Crippen LogP contribution in [0.3, 0.4) is 0 Å². The molecule has 0 radical (unpaired) electrons. The number of halogens is 1. The Morgan fingerprint density at radius 2 is 2.00 bits per heavy atom. The molecule has 0 fully saturated rings. The first-order chi connectivity index (χ1) is 11.5. The third kappa shape index (κ3) is 4.95. The molecule has 0 saturated carbocycles. The Balaban J connectivity index is 1.84. The maximum Gasteiger partial charge on any atom is 0.316 e. The van der Waals surface area contributed by atoms with E-state index in [1.54, 1.807) is 26.2 Å². The van der Waals surface area contributed by atoms with E-state index in [4.69, 9.17) is 16.1 Å². The highest BCUT2D eigenvalue weighted by Gasteiger charge is 2.15. The van der Waals surface area contributed by atoms with Gasteiger partial charge in [0.2, 0.25) is 0 Å². The summed E-state index contributed by atoms with van der Waals surface area (Å²) in [5.74, 6) is -0.202. The summed E-state index contributed by atoms with van der Waals surface area (Å²) in [7, 11) is 3.20. The molecule has 0 bridgehead atoms. The lowest BCUT2D eigenvalue weighted by atomic mass is 10.2. The average Bonchev–Trinajstić information content (AvgIpc) is 3.07. The van der Waals surface area contributed by atoms with Crippen molar-refractivity contribution in [3.8, 4) is 0 Å². The molecule has 24 heavy (non-hydrogen) atoms. The van der Waals surface area contributed by atoms with E-state index in [-0.39, 0.29) is 11.9 Å². The molecule has 0 atom stereocenters. The highest BCUT2D eigenvalue weighted by Crippen LogP contribution is 2.09. The van der Waals surface area contributed by atoms with Gasteiger partial charge in [0.1, 0.15) is 0 Å². The summed E-state index contributed by atoms with van der Waals surface area (Å²) >= 11 is 5.80. The summed E-state index contributed by atoms with van der Waals surface area (Å²) in [6, 6.07) is 6.92. The second-order valence-electron chi connectivity index (χ2n) is 5.05. The minimum absolute atomic E-state index is 0.110. The van der Waals surface area contributed by atoms with Gasteiger partial charge in [-0.05, 0) is 17.7 Å². The highest BCUT2D eigenvalue weighted by molar-refractivity contribution is 6.30. The molecular formula is C15H18ClN5O3. The molecule has 1 heterocycles. The number of nitrogens with zero attached hydrogens (tertiary/aromatic N) is 3. The van der Waals surface area contributed by atoms with Gasteiger partial charge >= 0.3 is 17.8 Å². The van der Waals surface area contributed by atoms with Gasteiger partial charge in [0, 0.05) is 38.6 Å². The van der Waals surface area contributed by atoms with Gasteiger partial charge in [0.15, 0.2) is 5.82 Å². The average molecular weight is 352 g/mol. The van der Waals surface area contributed by atoms with Crippen LogP contribution in [0.4, 0.5) is 4.79 Å². The van der Waals surface area contributed by atoms with E-state index in [0.717, 1.165) is 5.56 Å². The number of amides is 3. The molecule has 0 aliphatic heterocycles. The van der Waals surface area contributed by atoms with Crippen molar-refractivity contribution in [2.24, 2.45) is 0 Å².